The minimum atomic E-state index is -0.266. The molecule has 0 aromatic heterocycles. The van der Waals surface area contributed by atoms with Crippen molar-refractivity contribution in [1.82, 2.24) is 0 Å². The van der Waals surface area contributed by atoms with Gasteiger partial charge in [-0.2, -0.15) is 0 Å². The molecule has 3 aromatic carbocycles. The number of nitrogens with one attached hydrogen (secondary N) is 1. The average Bonchev–Trinajstić information content (AvgIpc) is 3.21. The summed E-state index contributed by atoms with van der Waals surface area (Å²) >= 11 is 6.75. The molecule has 0 spiro atoms. The lowest BCUT2D eigenvalue weighted by Gasteiger charge is -2.15. The molecule has 1 aliphatic heterocycles. The molecule has 0 unspecified atom stereocenters. The smallest absolute Gasteiger partial charge is 0.270 e. The summed E-state index contributed by atoms with van der Waals surface area (Å²) in [5, 5.41) is 2.93. The van der Waals surface area contributed by atoms with Crippen molar-refractivity contribution in [3.8, 4) is 17.2 Å². The van der Waals surface area contributed by atoms with Gasteiger partial charge >= 0.3 is 0 Å². The van der Waals surface area contributed by atoms with E-state index < -0.39 is 0 Å². The molecule has 1 saturated heterocycles. The van der Waals surface area contributed by atoms with Crippen molar-refractivity contribution in [3.63, 3.8) is 0 Å². The molecule has 4 rings (SSSR count). The van der Waals surface area contributed by atoms with E-state index in [1.807, 2.05) is 68.4 Å². The van der Waals surface area contributed by atoms with Crippen LogP contribution in [0.25, 0.3) is 6.08 Å². The minimum Gasteiger partial charge on any atom is -0.494 e. The van der Waals surface area contributed by atoms with Gasteiger partial charge in [0.2, 0.25) is 0 Å². The van der Waals surface area contributed by atoms with Crippen molar-refractivity contribution in [2.75, 3.05) is 30.0 Å². The highest BCUT2D eigenvalue weighted by Gasteiger charge is 2.33. The summed E-state index contributed by atoms with van der Waals surface area (Å²) in [6, 6.07) is 20.3. The summed E-state index contributed by atoms with van der Waals surface area (Å²) < 4.78 is 17.6. The van der Waals surface area contributed by atoms with Gasteiger partial charge in [0.25, 0.3) is 11.8 Å². The molecule has 0 aliphatic carbocycles. The van der Waals surface area contributed by atoms with Crippen LogP contribution in [0.1, 0.15) is 44.7 Å². The van der Waals surface area contributed by atoms with Crippen molar-refractivity contribution < 1.29 is 23.8 Å². The van der Waals surface area contributed by atoms with Gasteiger partial charge in [-0.25, -0.2) is 0 Å². The number of rotatable bonds is 11. The number of thiocarbonyl (C=S) groups is 1. The summed E-state index contributed by atoms with van der Waals surface area (Å²) in [5.41, 5.74) is 3.26. The molecule has 2 amide bonds. The van der Waals surface area contributed by atoms with Crippen LogP contribution in [0.3, 0.4) is 0 Å². The zero-order valence-corrected chi connectivity index (χ0v) is 24.6. The van der Waals surface area contributed by atoms with Crippen LogP contribution in [0, 0.1) is 0 Å². The van der Waals surface area contributed by atoms with Crippen molar-refractivity contribution >= 4 is 57.6 Å². The number of thioether (sulfide) groups is 1. The maximum Gasteiger partial charge on any atom is 0.270 e. The van der Waals surface area contributed by atoms with Gasteiger partial charge < -0.3 is 19.5 Å². The number of ether oxygens (including phenoxy) is 3. The van der Waals surface area contributed by atoms with Gasteiger partial charge in [0.05, 0.1) is 23.8 Å². The minimum absolute atomic E-state index is 0.174. The van der Waals surface area contributed by atoms with E-state index in [1.54, 1.807) is 18.2 Å². The molecular weight excluding hydrogens is 544 g/mol. The molecule has 40 heavy (non-hydrogen) atoms. The largest absolute Gasteiger partial charge is 0.494 e. The Balaban J connectivity index is 1.46. The van der Waals surface area contributed by atoms with Crippen molar-refractivity contribution in [2.24, 2.45) is 0 Å². The van der Waals surface area contributed by atoms with Crippen LogP contribution >= 0.6 is 24.0 Å². The molecule has 7 nitrogen and oxygen atoms in total. The predicted molar refractivity (Wildman–Crippen MR) is 166 cm³/mol. The second kappa shape index (κ2) is 13.5. The molecule has 208 valence electrons. The molecule has 1 N–H and O–H groups in total. The molecule has 1 aliphatic rings. The first-order valence-electron chi connectivity index (χ1n) is 13.1. The van der Waals surface area contributed by atoms with Gasteiger partial charge in [0.1, 0.15) is 5.75 Å². The number of carbonyl (C=O) groups is 2. The lowest BCUT2D eigenvalue weighted by molar-refractivity contribution is -0.118. The van der Waals surface area contributed by atoms with Crippen molar-refractivity contribution in [1.29, 1.82) is 0 Å². The molecule has 3 aromatic rings. The van der Waals surface area contributed by atoms with Crippen LogP contribution < -0.4 is 24.4 Å². The van der Waals surface area contributed by atoms with E-state index in [1.165, 1.54) is 16.7 Å². The van der Waals surface area contributed by atoms with E-state index in [0.29, 0.717) is 39.6 Å². The summed E-state index contributed by atoms with van der Waals surface area (Å²) in [7, 11) is 0. The highest BCUT2D eigenvalue weighted by atomic mass is 32.2. The molecule has 9 heteroatoms. The topological polar surface area (TPSA) is 77.1 Å². The number of para-hydroxylation sites is 1. The number of hydrogen-bond donors (Lipinski definition) is 1. The van der Waals surface area contributed by atoms with Crippen LogP contribution in [-0.2, 0) is 9.59 Å². The summed E-state index contributed by atoms with van der Waals surface area (Å²) in [6.45, 7) is 8.75. The number of hydrogen-bond acceptors (Lipinski definition) is 7. The van der Waals surface area contributed by atoms with Gasteiger partial charge in [-0.05, 0) is 79.4 Å². The van der Waals surface area contributed by atoms with Crippen LogP contribution in [0.15, 0.2) is 71.6 Å². The fourth-order valence-corrected chi connectivity index (χ4v) is 5.44. The van der Waals surface area contributed by atoms with Gasteiger partial charge in [0.15, 0.2) is 22.4 Å². The fraction of sp³-hybridized carbons (Fsp3) is 0.258. The van der Waals surface area contributed by atoms with Gasteiger partial charge in [-0.1, -0.05) is 62.1 Å². The number of benzene rings is 3. The summed E-state index contributed by atoms with van der Waals surface area (Å²) in [6.07, 6.45) is 1.77. The Hall–Kier alpha value is -3.82. The first kappa shape index (κ1) is 29.2. The standard InChI is InChI=1S/C31H32N2O5S2/c1-5-36-23-14-12-22(13-15-23)33-30(35)28(40-31(33)39)18-21-11-16-26(27(17-21)37-6-2)38-19-29(34)32-25-10-8-7-9-24(25)20(3)4/h7-18,20H,5-6,19H2,1-4H3,(H,32,34)/b28-18+. The van der Waals surface area contributed by atoms with Gasteiger partial charge in [-0.3, -0.25) is 14.5 Å². The lowest BCUT2D eigenvalue weighted by atomic mass is 10.0. The molecule has 0 bridgehead atoms. The Kier molecular flexibility index (Phi) is 9.84. The van der Waals surface area contributed by atoms with E-state index in [9.17, 15) is 9.59 Å². The normalized spacial score (nSPS) is 14.1. The van der Waals surface area contributed by atoms with Crippen molar-refractivity contribution in [3.05, 3.63) is 82.8 Å². The molecule has 1 fully saturated rings. The Morgan fingerprint density at radius 3 is 2.40 bits per heavy atom. The van der Waals surface area contributed by atoms with E-state index in [0.717, 1.165) is 22.6 Å². The Morgan fingerprint density at radius 2 is 1.70 bits per heavy atom. The third-order valence-electron chi connectivity index (χ3n) is 5.98. The monoisotopic (exact) mass is 576 g/mol. The maximum atomic E-state index is 13.2. The van der Waals surface area contributed by atoms with Crippen LogP contribution in [-0.4, -0.2) is 36.0 Å². The first-order chi connectivity index (χ1) is 19.3. The third-order valence-corrected chi connectivity index (χ3v) is 7.28. The molecule has 0 radical (unpaired) electrons. The SMILES string of the molecule is CCOc1ccc(N2C(=O)/C(=C\c3ccc(OCC(=O)Nc4ccccc4C(C)C)c(OCC)c3)SC2=S)cc1. The molecule has 0 saturated carbocycles. The quantitative estimate of drug-likeness (QED) is 0.194. The molecular formula is C31H32N2O5S2. The highest BCUT2D eigenvalue weighted by molar-refractivity contribution is 8.27. The number of carbonyl (C=O) groups excluding carboxylic acids is 2. The molecule has 1 heterocycles. The zero-order chi connectivity index (χ0) is 28.6. The van der Waals surface area contributed by atoms with Crippen molar-refractivity contribution in [2.45, 2.75) is 33.6 Å². The second-order valence-corrected chi connectivity index (χ2v) is 10.8. The summed E-state index contributed by atoms with van der Waals surface area (Å²) in [4.78, 5) is 27.9. The van der Waals surface area contributed by atoms with Gasteiger partial charge in [0, 0.05) is 5.69 Å². The number of amides is 2. The molecule has 0 atom stereocenters. The average molecular weight is 577 g/mol. The highest BCUT2D eigenvalue weighted by Crippen LogP contribution is 2.38. The Morgan fingerprint density at radius 1 is 0.975 bits per heavy atom. The zero-order valence-electron chi connectivity index (χ0n) is 22.9. The first-order valence-corrected chi connectivity index (χ1v) is 14.3. The predicted octanol–water partition coefficient (Wildman–Crippen LogP) is 7.03. The van der Waals surface area contributed by atoms with E-state index in [-0.39, 0.29) is 24.3 Å². The third kappa shape index (κ3) is 7.03. The lowest BCUT2D eigenvalue weighted by Crippen LogP contribution is -2.27. The van der Waals surface area contributed by atoms with E-state index in [2.05, 4.69) is 19.2 Å². The Bertz CT molecular complexity index is 1420. The Labute approximate surface area is 244 Å². The maximum absolute atomic E-state index is 13.2. The van der Waals surface area contributed by atoms with Crippen LogP contribution in [0.2, 0.25) is 0 Å². The fourth-order valence-electron chi connectivity index (χ4n) is 4.15. The second-order valence-electron chi connectivity index (χ2n) is 9.16. The number of nitrogens with zero attached hydrogens (tertiary/aromatic N) is 1. The van der Waals surface area contributed by atoms with E-state index in [4.69, 9.17) is 26.4 Å². The van der Waals surface area contributed by atoms with Crippen LogP contribution in [0.4, 0.5) is 11.4 Å². The summed E-state index contributed by atoms with van der Waals surface area (Å²) in [5.74, 6) is 1.46. The number of anilines is 2. The van der Waals surface area contributed by atoms with Crippen LogP contribution in [0.5, 0.6) is 17.2 Å². The van der Waals surface area contributed by atoms with E-state index >= 15 is 0 Å². The van der Waals surface area contributed by atoms with Gasteiger partial charge in [-0.15, -0.1) is 0 Å².